The third-order valence-corrected chi connectivity index (χ3v) is 3.75. The van der Waals surface area contributed by atoms with Crippen LogP contribution < -0.4 is 0 Å². The number of phenolic OH excluding ortho intramolecular Hbond substituents is 1. The average molecular weight is 273 g/mol. The third kappa shape index (κ3) is 3.41. The highest BCUT2D eigenvalue weighted by Crippen LogP contribution is 2.36. The Morgan fingerprint density at radius 2 is 1.89 bits per heavy atom. The predicted octanol–water partition coefficient (Wildman–Crippen LogP) is 3.79. The molecule has 1 aromatic carbocycles. The zero-order valence-electron chi connectivity index (χ0n) is 10.9. The first kappa shape index (κ1) is 14.2. The molecule has 1 saturated carbocycles. The van der Waals surface area contributed by atoms with E-state index in [0.29, 0.717) is 18.2 Å². The van der Waals surface area contributed by atoms with Gasteiger partial charge in [-0.15, -0.1) is 0 Å². The first-order chi connectivity index (χ1) is 8.88. The van der Waals surface area contributed by atoms with Gasteiger partial charge >= 0.3 is 6.18 Å². The van der Waals surface area contributed by atoms with E-state index in [4.69, 9.17) is 0 Å². The molecule has 0 aliphatic heterocycles. The molecule has 0 spiro atoms. The van der Waals surface area contributed by atoms with Crippen molar-refractivity contribution in [3.63, 3.8) is 0 Å². The van der Waals surface area contributed by atoms with Crippen molar-refractivity contribution in [2.24, 2.45) is 0 Å². The number of hydrogen-bond acceptors (Lipinski definition) is 2. The fourth-order valence-corrected chi connectivity index (χ4v) is 2.67. The number of hydrogen-bond donors (Lipinski definition) is 1. The second-order valence-corrected chi connectivity index (χ2v) is 5.20. The van der Waals surface area contributed by atoms with Crippen LogP contribution in [0.1, 0.15) is 36.8 Å². The molecule has 0 atom stereocenters. The van der Waals surface area contributed by atoms with E-state index in [-0.39, 0.29) is 0 Å². The van der Waals surface area contributed by atoms with Crippen LogP contribution in [-0.4, -0.2) is 23.1 Å². The van der Waals surface area contributed by atoms with Crippen molar-refractivity contribution < 1.29 is 18.3 Å². The molecular weight excluding hydrogens is 255 g/mol. The maximum absolute atomic E-state index is 12.7. The Labute approximate surface area is 110 Å². The number of rotatable bonds is 3. The molecule has 106 valence electrons. The molecule has 19 heavy (non-hydrogen) atoms. The topological polar surface area (TPSA) is 23.5 Å². The maximum atomic E-state index is 12.7. The van der Waals surface area contributed by atoms with Crippen LogP contribution in [0.2, 0.25) is 0 Å². The molecular formula is C14H18F3NO. The second-order valence-electron chi connectivity index (χ2n) is 5.20. The average Bonchev–Trinajstić information content (AvgIpc) is 2.83. The molecule has 0 heterocycles. The Morgan fingerprint density at radius 1 is 1.26 bits per heavy atom. The summed E-state index contributed by atoms with van der Waals surface area (Å²) >= 11 is 0. The maximum Gasteiger partial charge on any atom is 0.419 e. The standard InChI is InChI=1S/C14H18F3NO/c1-18(11-4-2-3-5-11)9-10-6-7-13(19)12(8-10)14(15,16)17/h6-8,11,19H,2-5,9H2,1H3. The molecule has 2 rings (SSSR count). The monoisotopic (exact) mass is 273 g/mol. The van der Waals surface area contributed by atoms with E-state index in [1.807, 2.05) is 7.05 Å². The Bertz CT molecular complexity index is 439. The van der Waals surface area contributed by atoms with Gasteiger partial charge in [-0.3, -0.25) is 4.90 Å². The number of aromatic hydroxyl groups is 1. The van der Waals surface area contributed by atoms with Crippen LogP contribution in [0.15, 0.2) is 18.2 Å². The van der Waals surface area contributed by atoms with Gasteiger partial charge in [0.25, 0.3) is 0 Å². The van der Waals surface area contributed by atoms with Gasteiger partial charge in [0, 0.05) is 12.6 Å². The molecule has 1 aromatic rings. The number of benzene rings is 1. The summed E-state index contributed by atoms with van der Waals surface area (Å²) in [4.78, 5) is 2.10. The van der Waals surface area contributed by atoms with Gasteiger partial charge in [-0.1, -0.05) is 18.9 Å². The normalized spacial score (nSPS) is 17.3. The zero-order chi connectivity index (χ0) is 14.0. The van der Waals surface area contributed by atoms with Gasteiger partial charge in [0.2, 0.25) is 0 Å². The Kier molecular flexibility index (Phi) is 4.04. The Balaban J connectivity index is 2.12. The van der Waals surface area contributed by atoms with Crippen LogP contribution in [0.3, 0.4) is 0 Å². The number of phenols is 1. The molecule has 5 heteroatoms. The first-order valence-electron chi connectivity index (χ1n) is 6.47. The summed E-state index contributed by atoms with van der Waals surface area (Å²) < 4.78 is 38.1. The lowest BCUT2D eigenvalue weighted by Crippen LogP contribution is -2.28. The van der Waals surface area contributed by atoms with E-state index in [1.165, 1.54) is 12.8 Å². The van der Waals surface area contributed by atoms with Crippen LogP contribution >= 0.6 is 0 Å². The fourth-order valence-electron chi connectivity index (χ4n) is 2.67. The van der Waals surface area contributed by atoms with Gasteiger partial charge in [0.15, 0.2) is 0 Å². The molecule has 0 saturated heterocycles. The highest BCUT2D eigenvalue weighted by atomic mass is 19.4. The minimum atomic E-state index is -4.51. The van der Waals surface area contributed by atoms with Crippen molar-refractivity contribution in [3.05, 3.63) is 29.3 Å². The van der Waals surface area contributed by atoms with Crippen LogP contribution in [0.5, 0.6) is 5.75 Å². The summed E-state index contributed by atoms with van der Waals surface area (Å²) in [7, 11) is 1.94. The minimum Gasteiger partial charge on any atom is -0.507 e. The second kappa shape index (κ2) is 5.41. The number of halogens is 3. The van der Waals surface area contributed by atoms with Crippen molar-refractivity contribution in [1.29, 1.82) is 0 Å². The van der Waals surface area contributed by atoms with Crippen LogP contribution in [-0.2, 0) is 12.7 Å². The van der Waals surface area contributed by atoms with Gasteiger partial charge in [-0.05, 0) is 37.6 Å². The van der Waals surface area contributed by atoms with E-state index >= 15 is 0 Å². The number of alkyl halides is 3. The van der Waals surface area contributed by atoms with E-state index in [1.54, 1.807) is 6.07 Å². The summed E-state index contributed by atoms with van der Waals surface area (Å²) in [5.41, 5.74) is -0.371. The highest BCUT2D eigenvalue weighted by Gasteiger charge is 2.34. The molecule has 0 radical (unpaired) electrons. The molecule has 0 aromatic heterocycles. The smallest absolute Gasteiger partial charge is 0.419 e. The predicted molar refractivity (Wildman–Crippen MR) is 66.8 cm³/mol. The van der Waals surface area contributed by atoms with Crippen molar-refractivity contribution in [1.82, 2.24) is 4.90 Å². The van der Waals surface area contributed by atoms with E-state index in [9.17, 15) is 18.3 Å². The summed E-state index contributed by atoms with van der Waals surface area (Å²) in [6.45, 7) is 0.480. The minimum absolute atomic E-state index is 0.461. The van der Waals surface area contributed by atoms with Gasteiger partial charge in [0.05, 0.1) is 5.56 Å². The lowest BCUT2D eigenvalue weighted by molar-refractivity contribution is -0.138. The van der Waals surface area contributed by atoms with Crippen molar-refractivity contribution in [3.8, 4) is 5.75 Å². The summed E-state index contributed by atoms with van der Waals surface area (Å²) in [5, 5.41) is 9.28. The lowest BCUT2D eigenvalue weighted by atomic mass is 10.1. The van der Waals surface area contributed by atoms with Gasteiger partial charge < -0.3 is 5.11 Å². The zero-order valence-corrected chi connectivity index (χ0v) is 10.9. The molecule has 1 N–H and O–H groups in total. The summed E-state index contributed by atoms with van der Waals surface area (Å²) in [6.07, 6.45) is 0.101. The first-order valence-corrected chi connectivity index (χ1v) is 6.47. The van der Waals surface area contributed by atoms with Gasteiger partial charge in [-0.2, -0.15) is 13.2 Å². The van der Waals surface area contributed by atoms with Gasteiger partial charge in [-0.25, -0.2) is 0 Å². The third-order valence-electron chi connectivity index (χ3n) is 3.75. The molecule has 0 amide bonds. The Morgan fingerprint density at radius 3 is 2.47 bits per heavy atom. The van der Waals surface area contributed by atoms with E-state index < -0.39 is 17.5 Å². The largest absolute Gasteiger partial charge is 0.507 e. The van der Waals surface area contributed by atoms with Crippen molar-refractivity contribution in [2.75, 3.05) is 7.05 Å². The van der Waals surface area contributed by atoms with Gasteiger partial charge in [0.1, 0.15) is 5.75 Å². The van der Waals surface area contributed by atoms with E-state index in [0.717, 1.165) is 25.0 Å². The molecule has 1 aliphatic rings. The quantitative estimate of drug-likeness (QED) is 0.905. The van der Waals surface area contributed by atoms with Crippen molar-refractivity contribution >= 4 is 0 Å². The molecule has 1 aliphatic carbocycles. The summed E-state index contributed by atoms with van der Waals surface area (Å²) in [6, 6.07) is 4.18. The van der Waals surface area contributed by atoms with Crippen LogP contribution in [0.4, 0.5) is 13.2 Å². The highest BCUT2D eigenvalue weighted by molar-refractivity contribution is 5.38. The molecule has 1 fully saturated rings. The fraction of sp³-hybridized carbons (Fsp3) is 0.571. The van der Waals surface area contributed by atoms with E-state index in [2.05, 4.69) is 4.90 Å². The lowest BCUT2D eigenvalue weighted by Gasteiger charge is -2.24. The molecule has 2 nitrogen and oxygen atoms in total. The Hall–Kier alpha value is -1.23. The molecule has 0 bridgehead atoms. The van der Waals surface area contributed by atoms with Crippen LogP contribution in [0, 0.1) is 0 Å². The summed E-state index contributed by atoms with van der Waals surface area (Å²) in [5.74, 6) is -0.709. The van der Waals surface area contributed by atoms with Crippen LogP contribution in [0.25, 0.3) is 0 Å². The number of nitrogens with zero attached hydrogens (tertiary/aromatic N) is 1. The molecule has 0 unspecified atom stereocenters. The SMILES string of the molecule is CN(Cc1ccc(O)c(C(F)(F)F)c1)C1CCCC1. The van der Waals surface area contributed by atoms with Crippen molar-refractivity contribution in [2.45, 2.75) is 44.4 Å².